The predicted octanol–water partition coefficient (Wildman–Crippen LogP) is 1.99. The Labute approximate surface area is 135 Å². The molecule has 2 rings (SSSR count). The second-order valence-electron chi connectivity index (χ2n) is 5.32. The zero-order chi connectivity index (χ0) is 16.5. The average Bonchev–Trinajstić information content (AvgIpc) is 2.65. The molecule has 1 atom stereocenters. The Morgan fingerprint density at radius 2 is 2.05 bits per heavy atom. The van der Waals surface area contributed by atoms with Crippen LogP contribution < -0.4 is 4.72 Å². The maximum Gasteiger partial charge on any atom is 0.242 e. The van der Waals surface area contributed by atoms with Crippen LogP contribution in [0.5, 0.6) is 0 Å². The van der Waals surface area contributed by atoms with E-state index in [4.69, 9.17) is 11.6 Å². The second kappa shape index (κ2) is 6.36. The van der Waals surface area contributed by atoms with Gasteiger partial charge in [0.05, 0.1) is 5.69 Å². The quantitative estimate of drug-likeness (QED) is 0.843. The van der Waals surface area contributed by atoms with Crippen molar-refractivity contribution in [1.29, 1.82) is 0 Å². The van der Waals surface area contributed by atoms with E-state index in [2.05, 4.69) is 14.8 Å². The van der Waals surface area contributed by atoms with E-state index in [1.165, 1.54) is 18.3 Å². The Bertz CT molecular complexity index is 769. The molecule has 0 aliphatic rings. The van der Waals surface area contributed by atoms with E-state index in [9.17, 15) is 8.42 Å². The van der Waals surface area contributed by atoms with Crippen molar-refractivity contribution in [2.75, 3.05) is 0 Å². The predicted molar refractivity (Wildman–Crippen MR) is 85.4 cm³/mol. The third-order valence-electron chi connectivity index (χ3n) is 3.54. The molecule has 0 fully saturated rings. The van der Waals surface area contributed by atoms with E-state index in [-0.39, 0.29) is 16.1 Å². The van der Waals surface area contributed by atoms with Crippen molar-refractivity contribution in [2.45, 2.75) is 38.1 Å². The number of hydrogen-bond acceptors (Lipinski definition) is 4. The number of hydrogen-bond donors (Lipinski definition) is 1. The summed E-state index contributed by atoms with van der Waals surface area (Å²) in [6, 6.07) is 2.63. The molecule has 0 aliphatic heterocycles. The van der Waals surface area contributed by atoms with Crippen molar-refractivity contribution in [3.05, 3.63) is 40.4 Å². The average molecular weight is 343 g/mol. The Balaban J connectivity index is 2.14. The Morgan fingerprint density at radius 1 is 1.36 bits per heavy atom. The summed E-state index contributed by atoms with van der Waals surface area (Å²) in [7, 11) is -1.74. The van der Waals surface area contributed by atoms with Gasteiger partial charge in [0.2, 0.25) is 10.0 Å². The summed E-state index contributed by atoms with van der Waals surface area (Å²) < 4.78 is 29.1. The van der Waals surface area contributed by atoms with Gasteiger partial charge in [-0.2, -0.15) is 5.10 Å². The van der Waals surface area contributed by atoms with Crippen LogP contribution in [0, 0.1) is 13.8 Å². The molecular formula is C14H19ClN4O2S. The lowest BCUT2D eigenvalue weighted by Gasteiger charge is -2.14. The summed E-state index contributed by atoms with van der Waals surface area (Å²) in [5.41, 5.74) is 3.02. The molecule has 2 aromatic rings. The molecule has 2 aromatic heterocycles. The monoisotopic (exact) mass is 342 g/mol. The summed E-state index contributed by atoms with van der Waals surface area (Å²) in [5.74, 6) is 0. The summed E-state index contributed by atoms with van der Waals surface area (Å²) in [4.78, 5) is 3.90. The highest BCUT2D eigenvalue weighted by Gasteiger charge is 2.20. The third-order valence-corrected chi connectivity index (χ3v) is 5.33. The molecule has 0 saturated carbocycles. The molecule has 120 valence electrons. The number of halogens is 1. The zero-order valence-corrected chi connectivity index (χ0v) is 14.5. The molecule has 22 heavy (non-hydrogen) atoms. The van der Waals surface area contributed by atoms with E-state index in [0.717, 1.165) is 17.0 Å². The van der Waals surface area contributed by atoms with Crippen LogP contribution in [0.1, 0.15) is 23.9 Å². The van der Waals surface area contributed by atoms with Crippen LogP contribution in [0.2, 0.25) is 5.15 Å². The highest BCUT2D eigenvalue weighted by molar-refractivity contribution is 7.89. The van der Waals surface area contributed by atoms with Crippen LogP contribution in [0.4, 0.5) is 0 Å². The molecule has 1 N–H and O–H groups in total. The molecule has 0 aromatic carbocycles. The van der Waals surface area contributed by atoms with Gasteiger partial charge in [-0.15, -0.1) is 0 Å². The van der Waals surface area contributed by atoms with Gasteiger partial charge in [-0.1, -0.05) is 11.6 Å². The molecule has 2 heterocycles. The zero-order valence-electron chi connectivity index (χ0n) is 13.0. The lowest BCUT2D eigenvalue weighted by molar-refractivity contribution is 0.558. The summed E-state index contributed by atoms with van der Waals surface area (Å²) in [6.07, 6.45) is 1.82. The van der Waals surface area contributed by atoms with Crippen molar-refractivity contribution in [2.24, 2.45) is 7.05 Å². The molecule has 0 aliphatic carbocycles. The maximum absolute atomic E-state index is 12.3. The van der Waals surface area contributed by atoms with Gasteiger partial charge in [0.15, 0.2) is 0 Å². The van der Waals surface area contributed by atoms with Gasteiger partial charge in [-0.3, -0.25) is 4.68 Å². The number of nitrogens with zero attached hydrogens (tertiary/aromatic N) is 3. The van der Waals surface area contributed by atoms with Crippen molar-refractivity contribution >= 4 is 21.6 Å². The first-order chi connectivity index (χ1) is 10.2. The molecule has 6 nitrogen and oxygen atoms in total. The van der Waals surface area contributed by atoms with Gasteiger partial charge < -0.3 is 0 Å². The smallest absolute Gasteiger partial charge is 0.242 e. The number of aromatic nitrogens is 3. The largest absolute Gasteiger partial charge is 0.272 e. The van der Waals surface area contributed by atoms with E-state index in [1.54, 1.807) is 4.68 Å². The van der Waals surface area contributed by atoms with Crippen LogP contribution in [-0.4, -0.2) is 29.2 Å². The van der Waals surface area contributed by atoms with Gasteiger partial charge in [-0.05, 0) is 44.9 Å². The number of nitrogens with one attached hydrogen (secondary N) is 1. The van der Waals surface area contributed by atoms with Crippen molar-refractivity contribution in [3.8, 4) is 0 Å². The fraction of sp³-hybridized carbons (Fsp3) is 0.429. The molecule has 0 radical (unpaired) electrons. The van der Waals surface area contributed by atoms with E-state index >= 15 is 0 Å². The highest BCUT2D eigenvalue weighted by Crippen LogP contribution is 2.16. The molecule has 0 spiro atoms. The van der Waals surface area contributed by atoms with Crippen LogP contribution in [-0.2, 0) is 23.5 Å². The normalized spacial score (nSPS) is 13.3. The minimum Gasteiger partial charge on any atom is -0.272 e. The molecular weight excluding hydrogens is 324 g/mol. The maximum atomic E-state index is 12.3. The molecule has 0 saturated heterocycles. The van der Waals surface area contributed by atoms with Gasteiger partial charge >= 0.3 is 0 Å². The van der Waals surface area contributed by atoms with Crippen LogP contribution in [0.15, 0.2) is 23.2 Å². The molecule has 0 amide bonds. The summed E-state index contributed by atoms with van der Waals surface area (Å²) >= 11 is 5.68. The van der Waals surface area contributed by atoms with Crippen molar-refractivity contribution < 1.29 is 8.42 Å². The lowest BCUT2D eigenvalue weighted by Crippen LogP contribution is -2.34. The Kier molecular flexibility index (Phi) is 4.89. The van der Waals surface area contributed by atoms with E-state index < -0.39 is 10.0 Å². The number of aryl methyl sites for hydroxylation is 2. The number of pyridine rings is 1. The van der Waals surface area contributed by atoms with Crippen LogP contribution in [0.25, 0.3) is 0 Å². The van der Waals surface area contributed by atoms with Gasteiger partial charge in [0, 0.05) is 25.0 Å². The number of rotatable bonds is 5. The molecule has 0 unspecified atom stereocenters. The number of sulfonamides is 1. The summed E-state index contributed by atoms with van der Waals surface area (Å²) in [5, 5.41) is 4.60. The fourth-order valence-electron chi connectivity index (χ4n) is 2.31. The second-order valence-corrected chi connectivity index (χ2v) is 7.42. The van der Waals surface area contributed by atoms with E-state index in [0.29, 0.717) is 6.42 Å². The minimum absolute atomic E-state index is 0.100. The van der Waals surface area contributed by atoms with Crippen LogP contribution in [0.3, 0.4) is 0 Å². The molecule has 0 bridgehead atoms. The lowest BCUT2D eigenvalue weighted by atomic mass is 10.1. The van der Waals surface area contributed by atoms with E-state index in [1.807, 2.05) is 27.8 Å². The third kappa shape index (κ3) is 3.66. The Hall–Kier alpha value is -1.44. The van der Waals surface area contributed by atoms with Gasteiger partial charge in [0.25, 0.3) is 0 Å². The minimum atomic E-state index is -3.61. The molecule has 8 heteroatoms. The standard InChI is InChI=1S/C14H19ClN4O2S/c1-9(7-13-10(2)17-19(4)11(13)3)18-22(20,21)12-5-6-14(15)16-8-12/h5-6,8-9,18H,7H2,1-4H3/t9-/m1/s1. The fourth-order valence-corrected chi connectivity index (χ4v) is 3.61. The first kappa shape index (κ1) is 16.9. The first-order valence-corrected chi connectivity index (χ1v) is 8.70. The Morgan fingerprint density at radius 3 is 2.55 bits per heavy atom. The van der Waals surface area contributed by atoms with Crippen molar-refractivity contribution in [1.82, 2.24) is 19.5 Å². The van der Waals surface area contributed by atoms with Gasteiger partial charge in [0.1, 0.15) is 10.0 Å². The summed E-state index contributed by atoms with van der Waals surface area (Å²) in [6.45, 7) is 5.72. The first-order valence-electron chi connectivity index (χ1n) is 6.83. The topological polar surface area (TPSA) is 76.9 Å². The SMILES string of the molecule is Cc1nn(C)c(C)c1C[C@@H](C)NS(=O)(=O)c1ccc(Cl)nc1. The van der Waals surface area contributed by atoms with Crippen molar-refractivity contribution in [3.63, 3.8) is 0 Å². The van der Waals surface area contributed by atoms with Gasteiger partial charge in [-0.25, -0.2) is 18.1 Å². The highest BCUT2D eigenvalue weighted by atomic mass is 35.5. The van der Waals surface area contributed by atoms with Crippen LogP contribution >= 0.6 is 11.6 Å².